The second-order valence-corrected chi connectivity index (χ2v) is 10.8. The molecule has 2 heterocycles. The molecule has 3 nitrogen and oxygen atoms in total. The van der Waals surface area contributed by atoms with E-state index in [-0.39, 0.29) is 0 Å². The highest BCUT2D eigenvalue weighted by molar-refractivity contribution is 6.17. The Bertz CT molecular complexity index is 1960. The minimum Gasteiger partial charge on any atom is -0.455 e. The average molecular weight is 495 g/mol. The molecule has 38 heavy (non-hydrogen) atoms. The molecule has 0 N–H and O–H groups in total. The average Bonchev–Trinajstić information content (AvgIpc) is 3.51. The zero-order valence-electron chi connectivity index (χ0n) is 22.2. The van der Waals surface area contributed by atoms with Gasteiger partial charge < -0.3 is 4.42 Å². The number of rotatable bonds is 4. The lowest BCUT2D eigenvalue weighted by Gasteiger charge is -2.22. The molecule has 0 amide bonds. The van der Waals surface area contributed by atoms with Crippen molar-refractivity contribution in [2.45, 2.75) is 39.5 Å². The van der Waals surface area contributed by atoms with Crippen LogP contribution >= 0.6 is 0 Å². The van der Waals surface area contributed by atoms with Gasteiger partial charge in [-0.2, -0.15) is 0 Å². The Morgan fingerprint density at radius 3 is 2.05 bits per heavy atom. The number of fused-ring (bicyclic) bond motifs is 6. The van der Waals surface area contributed by atoms with E-state index in [2.05, 4.69) is 129 Å². The minimum absolute atomic E-state index is 0.367. The third kappa shape index (κ3) is 3.31. The topological polar surface area (TPSA) is 31.0 Å². The number of benzene rings is 5. The summed E-state index contributed by atoms with van der Waals surface area (Å²) < 4.78 is 9.12. The van der Waals surface area contributed by atoms with Crippen molar-refractivity contribution in [2.24, 2.45) is 0 Å². The van der Waals surface area contributed by atoms with E-state index in [4.69, 9.17) is 9.40 Å². The summed E-state index contributed by atoms with van der Waals surface area (Å²) in [5.74, 6) is 1.65. The van der Waals surface area contributed by atoms with Crippen LogP contribution in [0.15, 0.2) is 101 Å². The van der Waals surface area contributed by atoms with Gasteiger partial charge in [-0.15, -0.1) is 0 Å². The van der Waals surface area contributed by atoms with Crippen molar-refractivity contribution in [3.8, 4) is 17.1 Å². The van der Waals surface area contributed by atoms with Crippen LogP contribution < -0.4 is 0 Å². The molecule has 0 spiro atoms. The summed E-state index contributed by atoms with van der Waals surface area (Å²) in [5, 5.41) is 4.56. The van der Waals surface area contributed by atoms with E-state index in [1.165, 1.54) is 22.2 Å². The van der Waals surface area contributed by atoms with Crippen molar-refractivity contribution in [1.29, 1.82) is 0 Å². The number of para-hydroxylation sites is 4. The Balaban J connectivity index is 1.62. The molecule has 3 heteroatoms. The number of aromatic nitrogens is 2. The van der Waals surface area contributed by atoms with Crippen LogP contribution in [0.1, 0.15) is 50.7 Å². The number of hydrogen-bond acceptors (Lipinski definition) is 2. The summed E-state index contributed by atoms with van der Waals surface area (Å²) in [4.78, 5) is 5.25. The number of hydrogen-bond donors (Lipinski definition) is 0. The van der Waals surface area contributed by atoms with Gasteiger partial charge in [0.25, 0.3) is 0 Å². The fourth-order valence-electron chi connectivity index (χ4n) is 5.91. The molecule has 5 aromatic carbocycles. The molecule has 0 saturated heterocycles. The third-order valence-electron chi connectivity index (χ3n) is 7.76. The first-order valence-electron chi connectivity index (χ1n) is 13.5. The number of imidazole rings is 1. The first kappa shape index (κ1) is 22.8. The Morgan fingerprint density at radius 1 is 0.605 bits per heavy atom. The van der Waals surface area contributed by atoms with Gasteiger partial charge in [-0.3, -0.25) is 4.57 Å². The van der Waals surface area contributed by atoms with Crippen LogP contribution in [0.3, 0.4) is 0 Å². The van der Waals surface area contributed by atoms with Gasteiger partial charge in [-0.1, -0.05) is 100 Å². The lowest BCUT2D eigenvalue weighted by Crippen LogP contribution is -2.08. The van der Waals surface area contributed by atoms with E-state index in [1.54, 1.807) is 0 Å². The summed E-state index contributed by atoms with van der Waals surface area (Å²) in [6.45, 7) is 9.08. The predicted molar refractivity (Wildman–Crippen MR) is 159 cm³/mol. The standard InChI is InChI=1S/C35H30N2O/c1-21(2)24-13-9-14-25(22(3)4)32(24)37-31-18-8-7-17-30(31)36-35(37)29-16-10-15-27-28-20-19-23-11-5-6-12-26(23)33(28)38-34(27)29/h5-22H,1-4H3. The molecule has 0 fully saturated rings. The van der Waals surface area contributed by atoms with Gasteiger partial charge in [-0.05, 0) is 52.6 Å². The van der Waals surface area contributed by atoms with Gasteiger partial charge in [-0.25, -0.2) is 4.98 Å². The quantitative estimate of drug-likeness (QED) is 0.244. The van der Waals surface area contributed by atoms with Crippen molar-refractivity contribution >= 4 is 43.7 Å². The van der Waals surface area contributed by atoms with Gasteiger partial charge >= 0.3 is 0 Å². The Hall–Kier alpha value is -4.37. The molecule has 0 radical (unpaired) electrons. The number of nitrogens with zero attached hydrogens (tertiary/aromatic N) is 2. The van der Waals surface area contributed by atoms with Crippen molar-refractivity contribution < 1.29 is 4.42 Å². The van der Waals surface area contributed by atoms with E-state index in [1.807, 2.05) is 0 Å². The van der Waals surface area contributed by atoms with Gasteiger partial charge in [0.1, 0.15) is 17.0 Å². The molecular formula is C35H30N2O. The smallest absolute Gasteiger partial charge is 0.149 e. The maximum atomic E-state index is 6.74. The highest BCUT2D eigenvalue weighted by Crippen LogP contribution is 2.42. The van der Waals surface area contributed by atoms with E-state index in [9.17, 15) is 0 Å². The van der Waals surface area contributed by atoms with Crippen LogP contribution in [-0.4, -0.2) is 9.55 Å². The summed E-state index contributed by atoms with van der Waals surface area (Å²) in [6, 6.07) is 34.4. The summed E-state index contributed by atoms with van der Waals surface area (Å²) >= 11 is 0. The predicted octanol–water partition coefficient (Wildman–Crippen LogP) is 9.99. The largest absolute Gasteiger partial charge is 0.455 e. The molecule has 0 aliphatic carbocycles. The monoisotopic (exact) mass is 494 g/mol. The number of furan rings is 1. The van der Waals surface area contributed by atoms with E-state index in [0.29, 0.717) is 11.8 Å². The normalized spacial score (nSPS) is 12.2. The van der Waals surface area contributed by atoms with Crippen LogP contribution in [0.5, 0.6) is 0 Å². The molecule has 0 saturated carbocycles. The summed E-state index contributed by atoms with van der Waals surface area (Å²) in [6.07, 6.45) is 0. The van der Waals surface area contributed by atoms with Crippen molar-refractivity contribution in [3.63, 3.8) is 0 Å². The fraction of sp³-hybridized carbons (Fsp3) is 0.171. The molecule has 7 aromatic rings. The summed E-state index contributed by atoms with van der Waals surface area (Å²) in [5.41, 5.74) is 8.78. The van der Waals surface area contributed by atoms with Gasteiger partial charge in [0, 0.05) is 16.2 Å². The van der Waals surface area contributed by atoms with Crippen molar-refractivity contribution in [3.05, 3.63) is 108 Å². The van der Waals surface area contributed by atoms with Gasteiger partial charge in [0.05, 0.1) is 22.3 Å². The lowest BCUT2D eigenvalue weighted by atomic mass is 9.92. The third-order valence-corrected chi connectivity index (χ3v) is 7.76. The summed E-state index contributed by atoms with van der Waals surface area (Å²) in [7, 11) is 0. The molecule has 0 bridgehead atoms. The maximum Gasteiger partial charge on any atom is 0.149 e. The van der Waals surface area contributed by atoms with Crippen LogP contribution in [0.2, 0.25) is 0 Å². The Kier molecular flexibility index (Phi) is 5.16. The molecule has 186 valence electrons. The van der Waals surface area contributed by atoms with Gasteiger partial charge in [0.15, 0.2) is 0 Å². The lowest BCUT2D eigenvalue weighted by molar-refractivity contribution is 0.673. The van der Waals surface area contributed by atoms with Crippen LogP contribution in [-0.2, 0) is 0 Å². The molecule has 0 aliphatic rings. The molecule has 7 rings (SSSR count). The molecule has 0 atom stereocenters. The van der Waals surface area contributed by atoms with Crippen molar-refractivity contribution in [2.75, 3.05) is 0 Å². The highest BCUT2D eigenvalue weighted by Gasteiger charge is 2.24. The van der Waals surface area contributed by atoms with Crippen LogP contribution in [0, 0.1) is 0 Å². The van der Waals surface area contributed by atoms with Crippen molar-refractivity contribution in [1.82, 2.24) is 9.55 Å². The SMILES string of the molecule is CC(C)c1cccc(C(C)C)c1-n1c(-c2cccc3c2oc2c4ccccc4ccc32)nc2ccccc21. The van der Waals surface area contributed by atoms with E-state index >= 15 is 0 Å². The first-order chi connectivity index (χ1) is 18.5. The second-order valence-electron chi connectivity index (χ2n) is 10.8. The molecular weight excluding hydrogens is 464 g/mol. The minimum atomic E-state index is 0.367. The zero-order valence-corrected chi connectivity index (χ0v) is 22.2. The zero-order chi connectivity index (χ0) is 26.0. The first-order valence-corrected chi connectivity index (χ1v) is 13.5. The van der Waals surface area contributed by atoms with E-state index in [0.717, 1.165) is 49.7 Å². The Labute approximate surface area is 222 Å². The maximum absolute atomic E-state index is 6.74. The van der Waals surface area contributed by atoms with Crippen LogP contribution in [0.4, 0.5) is 0 Å². The fourth-order valence-corrected chi connectivity index (χ4v) is 5.91. The molecule has 2 aromatic heterocycles. The van der Waals surface area contributed by atoms with Gasteiger partial charge in [0.2, 0.25) is 0 Å². The highest BCUT2D eigenvalue weighted by atomic mass is 16.3. The molecule has 0 aliphatic heterocycles. The Morgan fingerprint density at radius 2 is 1.26 bits per heavy atom. The van der Waals surface area contributed by atoms with E-state index < -0.39 is 0 Å². The van der Waals surface area contributed by atoms with Crippen LogP contribution in [0.25, 0.3) is 60.8 Å². The molecule has 0 unspecified atom stereocenters. The second kappa shape index (κ2) is 8.59.